The van der Waals surface area contributed by atoms with Crippen LogP contribution < -0.4 is 5.32 Å². The van der Waals surface area contributed by atoms with Gasteiger partial charge in [0.2, 0.25) is 11.8 Å². The maximum atomic E-state index is 13.5. The largest absolute Gasteiger partial charge is 0.349 e. The lowest BCUT2D eigenvalue weighted by Crippen LogP contribution is -2.45. The van der Waals surface area contributed by atoms with E-state index in [1.54, 1.807) is 12.1 Å². The van der Waals surface area contributed by atoms with Crippen molar-refractivity contribution in [1.82, 2.24) is 15.1 Å². The molecule has 1 saturated carbocycles. The van der Waals surface area contributed by atoms with Gasteiger partial charge in [0, 0.05) is 31.8 Å². The van der Waals surface area contributed by atoms with Crippen LogP contribution in [-0.4, -0.2) is 62.5 Å². The third kappa shape index (κ3) is 7.70. The molecule has 9 heteroatoms. The summed E-state index contributed by atoms with van der Waals surface area (Å²) in [6.07, 6.45) is 10.2. The van der Waals surface area contributed by atoms with Gasteiger partial charge in [0.15, 0.2) is 9.84 Å². The van der Waals surface area contributed by atoms with Gasteiger partial charge in [0.25, 0.3) is 0 Å². The predicted octanol–water partition coefficient (Wildman–Crippen LogP) is 5.15. The lowest BCUT2D eigenvalue weighted by molar-refractivity contribution is -0.139. The molecule has 1 N–H and O–H groups in total. The number of piperidine rings is 1. The van der Waals surface area contributed by atoms with E-state index in [9.17, 15) is 18.0 Å². The summed E-state index contributed by atoms with van der Waals surface area (Å²) in [5.74, 6) is 0.582. The van der Waals surface area contributed by atoms with Crippen molar-refractivity contribution in [2.75, 3.05) is 32.4 Å². The first kappa shape index (κ1) is 31.5. The van der Waals surface area contributed by atoms with Crippen molar-refractivity contribution in [2.24, 2.45) is 11.3 Å². The van der Waals surface area contributed by atoms with Gasteiger partial charge in [-0.05, 0) is 74.9 Å². The molecule has 2 heterocycles. The molecule has 1 aliphatic carbocycles. The smallest absolute Gasteiger partial charge is 0.229 e. The molecule has 2 saturated heterocycles. The Kier molecular flexibility index (Phi) is 10.5. The van der Waals surface area contributed by atoms with Gasteiger partial charge in [-0.1, -0.05) is 61.7 Å². The molecule has 0 unspecified atom stereocenters. The number of benzene rings is 2. The summed E-state index contributed by atoms with van der Waals surface area (Å²) in [7, 11) is -3.23. The van der Waals surface area contributed by atoms with E-state index < -0.39 is 9.84 Å². The van der Waals surface area contributed by atoms with Crippen molar-refractivity contribution < 1.29 is 18.0 Å². The molecular formula is C32H44ClN3O4S. The normalized spacial score (nSPS) is 20.5. The lowest BCUT2D eigenvalue weighted by Gasteiger charge is -2.38. The molecule has 2 amide bonds. The molecule has 41 heavy (non-hydrogen) atoms. The third-order valence-electron chi connectivity index (χ3n) is 9.37. The quantitative estimate of drug-likeness (QED) is 0.429. The van der Waals surface area contributed by atoms with Crippen LogP contribution in [0, 0.1) is 11.3 Å². The van der Waals surface area contributed by atoms with Crippen LogP contribution >= 0.6 is 12.4 Å². The summed E-state index contributed by atoms with van der Waals surface area (Å²) < 4.78 is 23.5. The average molecular weight is 602 g/mol. The molecule has 2 aliphatic heterocycles. The molecule has 5 rings (SSSR count). The van der Waals surface area contributed by atoms with Crippen molar-refractivity contribution in [3.05, 3.63) is 65.7 Å². The average Bonchev–Trinajstić information content (AvgIpc) is 3.26. The zero-order valence-electron chi connectivity index (χ0n) is 24.1. The predicted molar refractivity (Wildman–Crippen MR) is 163 cm³/mol. The van der Waals surface area contributed by atoms with Crippen molar-refractivity contribution in [3.63, 3.8) is 0 Å². The summed E-state index contributed by atoms with van der Waals surface area (Å²) in [5.41, 5.74) is 1.83. The Morgan fingerprint density at radius 2 is 1.59 bits per heavy atom. The topological polar surface area (TPSA) is 86.8 Å². The van der Waals surface area contributed by atoms with Crippen LogP contribution in [0.5, 0.6) is 0 Å². The molecule has 3 aliphatic rings. The van der Waals surface area contributed by atoms with Crippen LogP contribution in [0.15, 0.2) is 59.5 Å². The minimum absolute atomic E-state index is 0. The van der Waals surface area contributed by atoms with E-state index >= 15 is 0 Å². The highest BCUT2D eigenvalue weighted by molar-refractivity contribution is 7.90. The Labute approximate surface area is 251 Å². The van der Waals surface area contributed by atoms with Crippen LogP contribution in [0.1, 0.15) is 75.0 Å². The molecule has 0 aromatic heterocycles. The molecule has 2 aromatic carbocycles. The molecule has 3 fully saturated rings. The van der Waals surface area contributed by atoms with Gasteiger partial charge in [-0.25, -0.2) is 8.42 Å². The van der Waals surface area contributed by atoms with E-state index in [0.717, 1.165) is 88.7 Å². The van der Waals surface area contributed by atoms with Gasteiger partial charge in [-0.15, -0.1) is 12.4 Å². The first-order chi connectivity index (χ1) is 19.2. The first-order valence-corrected chi connectivity index (χ1v) is 16.8. The minimum Gasteiger partial charge on any atom is -0.349 e. The van der Waals surface area contributed by atoms with E-state index in [0.29, 0.717) is 11.4 Å². The highest BCUT2D eigenvalue weighted by atomic mass is 35.5. The van der Waals surface area contributed by atoms with Gasteiger partial charge in [-0.2, -0.15) is 0 Å². The van der Waals surface area contributed by atoms with E-state index in [2.05, 4.69) is 22.3 Å². The Morgan fingerprint density at radius 1 is 0.951 bits per heavy atom. The monoisotopic (exact) mass is 601 g/mol. The number of likely N-dealkylation sites (tertiary alicyclic amines) is 2. The van der Waals surface area contributed by atoms with Crippen molar-refractivity contribution in [1.29, 1.82) is 0 Å². The second-order valence-electron chi connectivity index (χ2n) is 12.1. The molecule has 224 valence electrons. The number of carbonyl (C=O) groups is 2. The fourth-order valence-electron chi connectivity index (χ4n) is 6.75. The number of carbonyl (C=O) groups excluding carboxylic acids is 2. The SMILES string of the molecule is CS(=O)(=O)c1ccc(CN2CCC3(CCN(CC[C@H](NC(=O)C4CCCCC4)c4ccccc4)CC3)C2=O)cc1.Cl. The fourth-order valence-corrected chi connectivity index (χ4v) is 7.38. The Bertz CT molecular complexity index is 1270. The molecule has 0 radical (unpaired) electrons. The summed E-state index contributed by atoms with van der Waals surface area (Å²) in [6.45, 7) is 3.94. The number of nitrogens with zero attached hydrogens (tertiary/aromatic N) is 2. The number of hydrogen-bond acceptors (Lipinski definition) is 5. The van der Waals surface area contributed by atoms with E-state index in [4.69, 9.17) is 0 Å². The molecule has 2 aromatic rings. The van der Waals surface area contributed by atoms with Crippen LogP contribution in [0.2, 0.25) is 0 Å². The number of amides is 2. The minimum atomic E-state index is -3.23. The standard InChI is InChI=1S/C32H43N3O4S.ClH/c1-40(38,39)28-14-12-25(13-15-28)24-35-23-19-32(31(35)37)17-21-34(22-18-32)20-16-29(26-8-4-2-5-9-26)33-30(36)27-10-6-3-7-11-27;/h2,4-5,8-9,12-15,27,29H,3,6-7,10-11,16-24H2,1H3,(H,33,36);1H/t29-;/m0./s1. The van der Waals surface area contributed by atoms with Gasteiger partial charge in [0.1, 0.15) is 0 Å². The fraction of sp³-hybridized carbons (Fsp3) is 0.562. The number of sulfone groups is 1. The first-order valence-electron chi connectivity index (χ1n) is 14.9. The van der Waals surface area contributed by atoms with E-state index in [1.165, 1.54) is 12.7 Å². The maximum absolute atomic E-state index is 13.5. The van der Waals surface area contributed by atoms with Crippen LogP contribution in [0.4, 0.5) is 0 Å². The molecular weight excluding hydrogens is 558 g/mol. The second-order valence-corrected chi connectivity index (χ2v) is 14.1. The van der Waals surface area contributed by atoms with Crippen molar-refractivity contribution >= 4 is 34.1 Å². The summed E-state index contributed by atoms with van der Waals surface area (Å²) in [4.78, 5) is 31.3. The zero-order valence-corrected chi connectivity index (χ0v) is 25.7. The molecule has 1 atom stereocenters. The number of rotatable bonds is 9. The van der Waals surface area contributed by atoms with Crippen LogP contribution in [0.25, 0.3) is 0 Å². The molecule has 7 nitrogen and oxygen atoms in total. The van der Waals surface area contributed by atoms with E-state index in [-0.39, 0.29) is 41.6 Å². The summed E-state index contributed by atoms with van der Waals surface area (Å²) >= 11 is 0. The summed E-state index contributed by atoms with van der Waals surface area (Å²) in [5, 5.41) is 3.38. The van der Waals surface area contributed by atoms with Crippen molar-refractivity contribution in [2.45, 2.75) is 75.3 Å². The van der Waals surface area contributed by atoms with Gasteiger partial charge in [-0.3, -0.25) is 9.59 Å². The van der Waals surface area contributed by atoms with Crippen LogP contribution in [0.3, 0.4) is 0 Å². The maximum Gasteiger partial charge on any atom is 0.229 e. The highest BCUT2D eigenvalue weighted by Crippen LogP contribution is 2.42. The highest BCUT2D eigenvalue weighted by Gasteiger charge is 2.47. The van der Waals surface area contributed by atoms with E-state index in [1.807, 2.05) is 35.2 Å². The second kappa shape index (κ2) is 13.7. The van der Waals surface area contributed by atoms with Crippen molar-refractivity contribution in [3.8, 4) is 0 Å². The lowest BCUT2D eigenvalue weighted by atomic mass is 9.77. The summed E-state index contributed by atoms with van der Waals surface area (Å²) in [6, 6.07) is 17.2. The zero-order chi connectivity index (χ0) is 28.2. The Balaban J connectivity index is 0.00000387. The Morgan fingerprint density at radius 3 is 2.22 bits per heavy atom. The van der Waals surface area contributed by atoms with Gasteiger partial charge >= 0.3 is 0 Å². The Hall–Kier alpha value is -2.42. The molecule has 1 spiro atoms. The third-order valence-corrected chi connectivity index (χ3v) is 10.5. The molecule has 0 bridgehead atoms. The number of halogens is 1. The van der Waals surface area contributed by atoms with Gasteiger partial charge in [0.05, 0.1) is 16.4 Å². The number of nitrogens with one attached hydrogen (secondary N) is 1. The van der Waals surface area contributed by atoms with Gasteiger partial charge < -0.3 is 15.1 Å². The van der Waals surface area contributed by atoms with Crippen LogP contribution in [-0.2, 0) is 26.0 Å². The number of hydrogen-bond donors (Lipinski definition) is 1.